The number of aryl methyl sites for hydroxylation is 1. The monoisotopic (exact) mass is 746 g/mol. The lowest BCUT2D eigenvalue weighted by atomic mass is 10.1. The Labute approximate surface area is 301 Å². The normalized spacial score (nSPS) is 12.7. The van der Waals surface area contributed by atoms with Gasteiger partial charge in [0.2, 0.25) is 0 Å². The van der Waals surface area contributed by atoms with Crippen LogP contribution in [0.2, 0.25) is 51.4 Å². The molecule has 5 rings (SSSR count). The van der Waals surface area contributed by atoms with Gasteiger partial charge in [-0.15, -0.1) is 0 Å². The van der Waals surface area contributed by atoms with Crippen LogP contribution in [-0.2, 0) is 13.0 Å². The minimum Gasteiger partial charge on any atom is -0.494 e. The summed E-state index contributed by atoms with van der Waals surface area (Å²) >= 11 is 0. The van der Waals surface area contributed by atoms with Gasteiger partial charge in [-0.05, 0) is 120 Å². The number of nitrogens with zero attached hydrogens (tertiary/aromatic N) is 2. The fourth-order valence-electron chi connectivity index (χ4n) is 6.92. The van der Waals surface area contributed by atoms with E-state index in [0.717, 1.165) is 59.1 Å². The van der Waals surface area contributed by atoms with Gasteiger partial charge in [0.15, 0.2) is 16.6 Å². The Balaban J connectivity index is 1.19. The van der Waals surface area contributed by atoms with Crippen molar-refractivity contribution in [3.05, 3.63) is 108 Å². The van der Waals surface area contributed by atoms with E-state index in [1.165, 1.54) is 12.1 Å². The quantitative estimate of drug-likeness (QED) is 0.0744. The second-order valence-corrected chi connectivity index (χ2v) is 27.5. The molecule has 0 saturated heterocycles. The second-order valence-electron chi connectivity index (χ2n) is 15.0. The van der Waals surface area contributed by atoms with Gasteiger partial charge in [-0.3, -0.25) is 19.2 Å². The average Bonchev–Trinajstić information content (AvgIpc) is 3.45. The van der Waals surface area contributed by atoms with Gasteiger partial charge in [-0.2, -0.15) is 0 Å². The van der Waals surface area contributed by atoms with Gasteiger partial charge in [-0.1, -0.05) is 30.5 Å². The van der Waals surface area contributed by atoms with Crippen LogP contribution in [0, 0.1) is 6.92 Å². The third kappa shape index (κ3) is 9.02. The Hall–Kier alpha value is -3.73. The van der Waals surface area contributed by atoms with Gasteiger partial charge >= 0.3 is 8.56 Å². The Morgan fingerprint density at radius 1 is 0.549 bits per heavy atom. The van der Waals surface area contributed by atoms with Gasteiger partial charge in [0.25, 0.3) is 22.2 Å². The van der Waals surface area contributed by atoms with E-state index >= 15 is 0 Å². The van der Waals surface area contributed by atoms with Gasteiger partial charge in [0, 0.05) is 13.7 Å². The van der Waals surface area contributed by atoms with Crippen LogP contribution in [0.5, 0.6) is 5.75 Å². The zero-order valence-electron chi connectivity index (χ0n) is 31.1. The van der Waals surface area contributed by atoms with Crippen LogP contribution < -0.4 is 27.0 Å². The highest BCUT2D eigenvalue weighted by Gasteiger charge is 2.39. The molecule has 0 aliphatic rings. The molecule has 0 aliphatic carbocycles. The van der Waals surface area contributed by atoms with E-state index in [0.29, 0.717) is 23.7 Å². The summed E-state index contributed by atoms with van der Waals surface area (Å²) < 4.78 is 26.8. The number of fused-ring (bicyclic) bond motifs is 2. The highest BCUT2D eigenvalue weighted by molar-refractivity contribution is 6.87. The summed E-state index contributed by atoms with van der Waals surface area (Å²) in [5.74, 6) is 0.633. The topological polar surface area (TPSA) is 115 Å². The molecule has 10 nitrogen and oxygen atoms in total. The first-order chi connectivity index (χ1) is 24.0. The van der Waals surface area contributed by atoms with Crippen LogP contribution in [0.4, 0.5) is 0 Å². The molecule has 0 radical (unpaired) electrons. The Kier molecular flexibility index (Phi) is 11.7. The first-order valence-electron chi connectivity index (χ1n) is 17.7. The first kappa shape index (κ1) is 38.5. The molecule has 0 spiro atoms. The summed E-state index contributed by atoms with van der Waals surface area (Å²) in [6.45, 7) is 16.7. The zero-order chi connectivity index (χ0) is 37.1. The summed E-state index contributed by atoms with van der Waals surface area (Å²) in [6.07, 6.45) is 4.02. The number of aromatic nitrogens is 2. The molecule has 0 bridgehead atoms. The van der Waals surface area contributed by atoms with Crippen molar-refractivity contribution in [1.82, 2.24) is 9.13 Å². The van der Waals surface area contributed by atoms with Crippen molar-refractivity contribution in [3.8, 4) is 17.1 Å². The van der Waals surface area contributed by atoms with Gasteiger partial charge in [0.1, 0.15) is 5.75 Å². The Morgan fingerprint density at radius 3 is 1.35 bits per heavy atom. The smallest absolute Gasteiger partial charge is 0.311 e. The highest BCUT2D eigenvalue weighted by atomic mass is 28.5. The molecule has 2 aromatic heterocycles. The molecule has 13 heteroatoms. The molecule has 3 aromatic carbocycles. The van der Waals surface area contributed by atoms with Crippen LogP contribution >= 0.6 is 0 Å². The largest absolute Gasteiger partial charge is 0.494 e. The SMILES string of the molecule is COCCCC[Si](C)(C)O[Si](C)(C)O[Si](C)(C)CCCCOc1ccc(-n2c(=O)c3cc4c(=O)n(-c5ccc(C)cc5)c(=O)c4cc3c2=O)cc1. The van der Waals surface area contributed by atoms with Crippen LogP contribution in [0.1, 0.15) is 31.2 Å². The minimum absolute atomic E-state index is 0.0998. The first-order valence-corrected chi connectivity index (χ1v) is 26.7. The van der Waals surface area contributed by atoms with Crippen LogP contribution in [0.15, 0.2) is 79.8 Å². The van der Waals surface area contributed by atoms with E-state index in [-0.39, 0.29) is 21.5 Å². The Morgan fingerprint density at radius 2 is 0.941 bits per heavy atom. The molecule has 0 aliphatic heterocycles. The third-order valence-corrected chi connectivity index (χ3v) is 20.6. The maximum Gasteiger partial charge on any atom is 0.311 e. The molecule has 0 N–H and O–H groups in total. The lowest BCUT2D eigenvalue weighted by Crippen LogP contribution is -2.52. The van der Waals surface area contributed by atoms with Crippen molar-refractivity contribution in [1.29, 1.82) is 0 Å². The van der Waals surface area contributed by atoms with E-state index in [9.17, 15) is 19.2 Å². The molecule has 0 unspecified atom stereocenters. The predicted molar refractivity (Wildman–Crippen MR) is 212 cm³/mol. The summed E-state index contributed by atoms with van der Waals surface area (Å²) in [6, 6.07) is 18.7. The minimum atomic E-state index is -2.26. The summed E-state index contributed by atoms with van der Waals surface area (Å²) in [5, 5.41) is 0.418. The van der Waals surface area contributed by atoms with E-state index in [1.54, 1.807) is 43.5 Å². The molecule has 0 saturated carbocycles. The number of methoxy groups -OCH3 is 1. The fourth-order valence-corrected chi connectivity index (χ4v) is 21.1. The van der Waals surface area contributed by atoms with Gasteiger partial charge in [-0.25, -0.2) is 9.13 Å². The van der Waals surface area contributed by atoms with Crippen molar-refractivity contribution in [2.75, 3.05) is 20.3 Å². The van der Waals surface area contributed by atoms with E-state index < -0.39 is 47.4 Å². The maximum absolute atomic E-state index is 13.5. The average molecular weight is 747 g/mol. The maximum atomic E-state index is 13.5. The van der Waals surface area contributed by atoms with Crippen molar-refractivity contribution in [3.63, 3.8) is 0 Å². The van der Waals surface area contributed by atoms with Crippen LogP contribution in [-0.4, -0.2) is 54.7 Å². The molecule has 0 fully saturated rings. The van der Waals surface area contributed by atoms with Crippen molar-refractivity contribution in [2.24, 2.45) is 0 Å². The summed E-state index contributed by atoms with van der Waals surface area (Å²) in [4.78, 5) is 53.5. The lowest BCUT2D eigenvalue weighted by Gasteiger charge is -2.38. The summed E-state index contributed by atoms with van der Waals surface area (Å²) in [7, 11) is -4.27. The van der Waals surface area contributed by atoms with Crippen molar-refractivity contribution >= 4 is 46.7 Å². The molecule has 0 atom stereocenters. The van der Waals surface area contributed by atoms with E-state index in [1.807, 2.05) is 19.1 Å². The van der Waals surface area contributed by atoms with Gasteiger partial charge < -0.3 is 17.7 Å². The molecule has 51 heavy (non-hydrogen) atoms. The van der Waals surface area contributed by atoms with Gasteiger partial charge in [0.05, 0.1) is 39.5 Å². The van der Waals surface area contributed by atoms with E-state index in [2.05, 4.69) is 39.3 Å². The zero-order valence-corrected chi connectivity index (χ0v) is 34.1. The van der Waals surface area contributed by atoms with Crippen molar-refractivity contribution < 1.29 is 17.7 Å². The molecule has 5 aromatic rings. The van der Waals surface area contributed by atoms with E-state index in [4.69, 9.17) is 17.7 Å². The number of unbranched alkanes of at least 4 members (excludes halogenated alkanes) is 2. The standard InChI is InChI=1S/C38H50N2O8Si3/c1-27-13-15-28(16-14-27)39-35(41)31-25-33-34(26-32(31)36(39)42)38(44)40(37(33)43)29-17-19-30(20-18-29)46-22-10-12-24-50(5,6)48-51(7,8)47-49(3,4)23-11-9-21-45-2/h13-20,25-26H,9-12,21-24H2,1-8H3. The molecular formula is C38H50N2O8Si3. The van der Waals surface area contributed by atoms with Crippen molar-refractivity contribution in [2.45, 2.75) is 84.0 Å². The second kappa shape index (κ2) is 15.5. The number of rotatable bonds is 17. The number of hydrogen-bond donors (Lipinski definition) is 0. The van der Waals surface area contributed by atoms with Crippen LogP contribution in [0.25, 0.3) is 32.9 Å². The molecular weight excluding hydrogens is 697 g/mol. The Bertz CT molecular complexity index is 2120. The predicted octanol–water partition coefficient (Wildman–Crippen LogP) is 6.93. The van der Waals surface area contributed by atoms with Crippen LogP contribution in [0.3, 0.4) is 0 Å². The number of hydrogen-bond acceptors (Lipinski definition) is 8. The highest BCUT2D eigenvalue weighted by Crippen LogP contribution is 2.27. The molecule has 2 heterocycles. The third-order valence-electron chi connectivity index (χ3n) is 9.14. The molecule has 0 amide bonds. The lowest BCUT2D eigenvalue weighted by molar-refractivity contribution is 0.194. The fraction of sp³-hybridized carbons (Fsp3) is 0.421. The molecule has 272 valence electrons. The number of ether oxygens (including phenoxy) is 2. The summed E-state index contributed by atoms with van der Waals surface area (Å²) in [5.41, 5.74) is -0.321. The number of benzene rings is 3.